The normalized spacial score (nSPS) is 16.6. The van der Waals surface area contributed by atoms with Gasteiger partial charge in [-0.25, -0.2) is 0 Å². The Morgan fingerprint density at radius 1 is 1.50 bits per heavy atom. The van der Waals surface area contributed by atoms with E-state index in [1.165, 1.54) is 0 Å². The van der Waals surface area contributed by atoms with Gasteiger partial charge in [-0.2, -0.15) is 5.10 Å². The molecule has 5 nitrogen and oxygen atoms in total. The van der Waals surface area contributed by atoms with Crippen LogP contribution < -0.4 is 0 Å². The number of Topliss-reactive ketones (excluding diaryl/α,β-unsaturated/α-hetero) is 1. The lowest BCUT2D eigenvalue weighted by Gasteiger charge is -2.25. The first-order chi connectivity index (χ1) is 7.58. The zero-order valence-corrected chi connectivity index (χ0v) is 9.56. The topological polar surface area (TPSA) is 55.2 Å². The van der Waals surface area contributed by atoms with Crippen LogP contribution in [0.2, 0.25) is 0 Å². The van der Waals surface area contributed by atoms with Crippen LogP contribution in [0.3, 0.4) is 0 Å². The van der Waals surface area contributed by atoms with Gasteiger partial charge >= 0.3 is 0 Å². The summed E-state index contributed by atoms with van der Waals surface area (Å²) in [5.41, 5.74) is 1.31. The maximum absolute atomic E-state index is 12.1. The second-order valence-corrected chi connectivity index (χ2v) is 4.17. The van der Waals surface area contributed by atoms with Crippen LogP contribution in [0, 0.1) is 6.92 Å². The Morgan fingerprint density at radius 3 is 2.81 bits per heavy atom. The third-order valence-electron chi connectivity index (χ3n) is 2.78. The maximum Gasteiger partial charge on any atom is 0.257 e. The van der Waals surface area contributed by atoms with E-state index in [0.717, 1.165) is 6.42 Å². The van der Waals surface area contributed by atoms with Crippen LogP contribution in [-0.4, -0.2) is 39.5 Å². The summed E-state index contributed by atoms with van der Waals surface area (Å²) in [6, 6.07) is 0. The van der Waals surface area contributed by atoms with Gasteiger partial charge in [-0.15, -0.1) is 0 Å². The zero-order chi connectivity index (χ0) is 11.7. The van der Waals surface area contributed by atoms with Gasteiger partial charge in [0.15, 0.2) is 5.78 Å². The maximum atomic E-state index is 12.1. The van der Waals surface area contributed by atoms with Gasteiger partial charge < -0.3 is 4.90 Å². The van der Waals surface area contributed by atoms with Crippen molar-refractivity contribution in [1.29, 1.82) is 0 Å². The fourth-order valence-corrected chi connectivity index (χ4v) is 1.99. The van der Waals surface area contributed by atoms with Gasteiger partial charge in [-0.3, -0.25) is 14.3 Å². The molecule has 1 saturated heterocycles. The predicted octanol–water partition coefficient (Wildman–Crippen LogP) is 0.534. The molecule has 0 radical (unpaired) electrons. The van der Waals surface area contributed by atoms with E-state index in [0.29, 0.717) is 24.2 Å². The molecule has 1 fully saturated rings. The quantitative estimate of drug-likeness (QED) is 0.695. The van der Waals surface area contributed by atoms with Crippen molar-refractivity contribution in [3.05, 3.63) is 17.5 Å². The molecule has 1 aromatic heterocycles. The highest BCUT2D eigenvalue weighted by molar-refractivity contribution is 5.98. The zero-order valence-electron chi connectivity index (χ0n) is 9.56. The number of carbonyl (C=O) groups excluding carboxylic acids is 2. The van der Waals surface area contributed by atoms with Crippen LogP contribution >= 0.6 is 0 Å². The van der Waals surface area contributed by atoms with E-state index in [1.807, 2.05) is 0 Å². The second-order valence-electron chi connectivity index (χ2n) is 4.17. The number of ketones is 1. The minimum Gasteiger partial charge on any atom is -0.331 e. The number of hydrogen-bond acceptors (Lipinski definition) is 3. The van der Waals surface area contributed by atoms with Crippen LogP contribution in [0.25, 0.3) is 0 Å². The van der Waals surface area contributed by atoms with E-state index in [1.54, 1.807) is 29.7 Å². The van der Waals surface area contributed by atoms with Crippen molar-refractivity contribution in [3.63, 3.8) is 0 Å². The van der Waals surface area contributed by atoms with E-state index in [2.05, 4.69) is 5.10 Å². The Morgan fingerprint density at radius 2 is 2.25 bits per heavy atom. The number of carbonyl (C=O) groups is 2. The summed E-state index contributed by atoms with van der Waals surface area (Å²) in [6.45, 7) is 2.71. The number of aryl methyl sites for hydroxylation is 2. The van der Waals surface area contributed by atoms with E-state index in [9.17, 15) is 9.59 Å². The molecule has 0 atom stereocenters. The molecule has 2 rings (SSSR count). The van der Waals surface area contributed by atoms with Gasteiger partial charge in [0.1, 0.15) is 0 Å². The summed E-state index contributed by atoms with van der Waals surface area (Å²) in [4.78, 5) is 25.0. The van der Waals surface area contributed by atoms with Crippen LogP contribution in [0.5, 0.6) is 0 Å². The molecule has 0 unspecified atom stereocenters. The summed E-state index contributed by atoms with van der Waals surface area (Å²) in [5, 5.41) is 4.13. The van der Waals surface area contributed by atoms with Gasteiger partial charge in [0.25, 0.3) is 5.91 Å². The molecule has 0 aromatic carbocycles. The molecule has 16 heavy (non-hydrogen) atoms. The fraction of sp³-hybridized carbons (Fsp3) is 0.545. The molecular formula is C11H15N3O2. The SMILES string of the molecule is Cc1nn(C)cc1C(=O)N1CCCC(=O)C1. The predicted molar refractivity (Wildman–Crippen MR) is 58.1 cm³/mol. The number of likely N-dealkylation sites (tertiary alicyclic amines) is 1. The van der Waals surface area contributed by atoms with Crippen LogP contribution in [0.4, 0.5) is 0 Å². The Balaban J connectivity index is 2.18. The van der Waals surface area contributed by atoms with Crippen molar-refractivity contribution in [2.24, 2.45) is 7.05 Å². The smallest absolute Gasteiger partial charge is 0.257 e. The van der Waals surface area contributed by atoms with Crippen LogP contribution in [0.1, 0.15) is 28.9 Å². The molecular weight excluding hydrogens is 206 g/mol. The highest BCUT2D eigenvalue weighted by Gasteiger charge is 2.24. The lowest BCUT2D eigenvalue weighted by atomic mass is 10.1. The summed E-state index contributed by atoms with van der Waals surface area (Å²) >= 11 is 0. The minimum atomic E-state index is -0.0846. The first-order valence-electron chi connectivity index (χ1n) is 5.39. The van der Waals surface area contributed by atoms with Gasteiger partial charge in [-0.1, -0.05) is 0 Å². The molecule has 1 aliphatic heterocycles. The standard InChI is InChI=1S/C11H15N3O2/c1-8-10(7-13(2)12-8)11(16)14-5-3-4-9(15)6-14/h7H,3-6H2,1-2H3. The number of amides is 1. The Hall–Kier alpha value is -1.65. The highest BCUT2D eigenvalue weighted by atomic mass is 16.2. The molecule has 0 saturated carbocycles. The number of aromatic nitrogens is 2. The average molecular weight is 221 g/mol. The Kier molecular flexibility index (Phi) is 2.77. The molecule has 1 aromatic rings. The van der Waals surface area contributed by atoms with Crippen molar-refractivity contribution in [2.45, 2.75) is 19.8 Å². The molecule has 0 N–H and O–H groups in total. The van der Waals surface area contributed by atoms with E-state index < -0.39 is 0 Å². The first-order valence-corrected chi connectivity index (χ1v) is 5.39. The summed E-state index contributed by atoms with van der Waals surface area (Å²) in [5.74, 6) is 0.0554. The summed E-state index contributed by atoms with van der Waals surface area (Å²) < 4.78 is 1.62. The molecule has 86 valence electrons. The summed E-state index contributed by atoms with van der Waals surface area (Å²) in [7, 11) is 1.78. The molecule has 1 aliphatic rings. The third-order valence-corrected chi connectivity index (χ3v) is 2.78. The molecule has 5 heteroatoms. The lowest BCUT2D eigenvalue weighted by Crippen LogP contribution is -2.40. The van der Waals surface area contributed by atoms with Crippen molar-refractivity contribution < 1.29 is 9.59 Å². The lowest BCUT2D eigenvalue weighted by molar-refractivity contribution is -0.121. The molecule has 2 heterocycles. The number of piperidine rings is 1. The van der Waals surface area contributed by atoms with Crippen molar-refractivity contribution in [3.8, 4) is 0 Å². The van der Waals surface area contributed by atoms with E-state index in [4.69, 9.17) is 0 Å². The van der Waals surface area contributed by atoms with E-state index in [-0.39, 0.29) is 18.2 Å². The Labute approximate surface area is 94.0 Å². The van der Waals surface area contributed by atoms with Crippen molar-refractivity contribution >= 4 is 11.7 Å². The number of nitrogens with zero attached hydrogens (tertiary/aromatic N) is 3. The van der Waals surface area contributed by atoms with Gasteiger partial charge in [-0.05, 0) is 13.3 Å². The fourth-order valence-electron chi connectivity index (χ4n) is 1.99. The van der Waals surface area contributed by atoms with E-state index >= 15 is 0 Å². The molecule has 0 bridgehead atoms. The van der Waals surface area contributed by atoms with Gasteiger partial charge in [0.2, 0.25) is 0 Å². The van der Waals surface area contributed by atoms with Gasteiger partial charge in [0.05, 0.1) is 17.8 Å². The minimum absolute atomic E-state index is 0.0846. The monoisotopic (exact) mass is 221 g/mol. The molecule has 0 aliphatic carbocycles. The number of rotatable bonds is 1. The highest BCUT2D eigenvalue weighted by Crippen LogP contribution is 2.13. The molecule has 0 spiro atoms. The largest absolute Gasteiger partial charge is 0.331 e. The van der Waals surface area contributed by atoms with Crippen LogP contribution in [-0.2, 0) is 11.8 Å². The second kappa shape index (κ2) is 4.08. The van der Waals surface area contributed by atoms with Gasteiger partial charge in [0, 0.05) is 26.2 Å². The average Bonchev–Trinajstić information content (AvgIpc) is 2.57. The van der Waals surface area contributed by atoms with Crippen LogP contribution in [0.15, 0.2) is 6.20 Å². The molecule has 1 amide bonds. The first kappa shape index (κ1) is 10.9. The third kappa shape index (κ3) is 1.98. The Bertz CT molecular complexity index is 436. The summed E-state index contributed by atoms with van der Waals surface area (Å²) in [6.07, 6.45) is 3.07. The van der Waals surface area contributed by atoms with Crippen molar-refractivity contribution in [2.75, 3.05) is 13.1 Å². The number of hydrogen-bond donors (Lipinski definition) is 0. The van der Waals surface area contributed by atoms with Crippen molar-refractivity contribution in [1.82, 2.24) is 14.7 Å².